The van der Waals surface area contributed by atoms with Crippen molar-refractivity contribution in [3.05, 3.63) is 29.3 Å². The van der Waals surface area contributed by atoms with Gasteiger partial charge in [0.05, 0.1) is 0 Å². The van der Waals surface area contributed by atoms with Gasteiger partial charge in [-0.3, -0.25) is 0 Å². The summed E-state index contributed by atoms with van der Waals surface area (Å²) in [6.45, 7) is 4.30. The molecule has 0 radical (unpaired) electrons. The molecule has 0 saturated carbocycles. The second-order valence-electron chi connectivity index (χ2n) is 4.71. The van der Waals surface area contributed by atoms with E-state index in [4.69, 9.17) is 5.73 Å². The lowest BCUT2D eigenvalue weighted by Crippen LogP contribution is -2.44. The van der Waals surface area contributed by atoms with E-state index in [1.54, 1.807) is 6.07 Å². The van der Waals surface area contributed by atoms with Gasteiger partial charge < -0.3 is 10.8 Å². The largest absolute Gasteiger partial charge is 0.508 e. The van der Waals surface area contributed by atoms with E-state index in [-0.39, 0.29) is 11.5 Å². The van der Waals surface area contributed by atoms with Gasteiger partial charge in [-0.05, 0) is 36.1 Å². The lowest BCUT2D eigenvalue weighted by molar-refractivity contribution is 0.361. The molecule has 2 rings (SSSR count). The van der Waals surface area contributed by atoms with Crippen LogP contribution in [-0.4, -0.2) is 11.1 Å². The van der Waals surface area contributed by atoms with E-state index < -0.39 is 0 Å². The second kappa shape index (κ2) is 2.99. The number of nitrogens with two attached hydrogens (primary N) is 1. The Labute approximate surface area is 84.7 Å². The molecule has 1 atom stereocenters. The molecule has 0 heterocycles. The van der Waals surface area contributed by atoms with Gasteiger partial charge in [-0.15, -0.1) is 0 Å². The van der Waals surface area contributed by atoms with Gasteiger partial charge in [-0.2, -0.15) is 0 Å². The molecule has 14 heavy (non-hydrogen) atoms. The van der Waals surface area contributed by atoms with Crippen LogP contribution in [0.2, 0.25) is 0 Å². The summed E-state index contributed by atoms with van der Waals surface area (Å²) in [5.74, 6) is 0.339. The highest BCUT2D eigenvalue weighted by Crippen LogP contribution is 2.37. The number of hydrogen-bond donors (Lipinski definition) is 2. The normalized spacial score (nSPS) is 24.4. The maximum Gasteiger partial charge on any atom is 0.115 e. The van der Waals surface area contributed by atoms with Crippen LogP contribution < -0.4 is 5.73 Å². The van der Waals surface area contributed by atoms with Crippen LogP contribution in [0, 0.1) is 0 Å². The molecule has 0 aliphatic heterocycles. The van der Waals surface area contributed by atoms with E-state index in [9.17, 15) is 5.11 Å². The first-order valence-electron chi connectivity index (χ1n) is 5.10. The van der Waals surface area contributed by atoms with Crippen molar-refractivity contribution in [2.75, 3.05) is 0 Å². The zero-order valence-corrected chi connectivity index (χ0v) is 8.75. The first kappa shape index (κ1) is 9.53. The Bertz CT molecular complexity index is 357. The van der Waals surface area contributed by atoms with Gasteiger partial charge >= 0.3 is 0 Å². The number of benzene rings is 1. The number of phenols is 1. The first-order valence-corrected chi connectivity index (χ1v) is 5.10. The van der Waals surface area contributed by atoms with Crippen LogP contribution in [0.15, 0.2) is 18.2 Å². The molecule has 2 heteroatoms. The molecule has 0 aromatic heterocycles. The Morgan fingerprint density at radius 3 is 2.86 bits per heavy atom. The van der Waals surface area contributed by atoms with Crippen LogP contribution in [0.1, 0.15) is 31.4 Å². The van der Waals surface area contributed by atoms with Gasteiger partial charge in [0.1, 0.15) is 5.75 Å². The summed E-state index contributed by atoms with van der Waals surface area (Å²) < 4.78 is 0. The Kier molecular flexibility index (Phi) is 2.04. The van der Waals surface area contributed by atoms with Crippen LogP contribution in [0.25, 0.3) is 0 Å². The van der Waals surface area contributed by atoms with Crippen molar-refractivity contribution in [2.45, 2.75) is 38.1 Å². The Balaban J connectivity index is 2.55. The minimum absolute atomic E-state index is 0.0215. The van der Waals surface area contributed by atoms with Crippen molar-refractivity contribution in [1.82, 2.24) is 0 Å². The lowest BCUT2D eigenvalue weighted by atomic mass is 9.69. The molecule has 1 aliphatic carbocycles. The molecule has 0 saturated heterocycles. The van der Waals surface area contributed by atoms with E-state index in [0.717, 1.165) is 12.8 Å². The minimum Gasteiger partial charge on any atom is -0.508 e. The Morgan fingerprint density at radius 1 is 1.43 bits per heavy atom. The minimum atomic E-state index is -0.0215. The number of aryl methyl sites for hydroxylation is 1. The molecular formula is C12H17NO. The van der Waals surface area contributed by atoms with Gasteiger partial charge in [-0.1, -0.05) is 19.9 Å². The molecule has 1 aromatic rings. The van der Waals surface area contributed by atoms with Crippen LogP contribution in [0.3, 0.4) is 0 Å². The van der Waals surface area contributed by atoms with Gasteiger partial charge in [0.15, 0.2) is 0 Å². The summed E-state index contributed by atoms with van der Waals surface area (Å²) in [7, 11) is 0. The van der Waals surface area contributed by atoms with Crippen LogP contribution >= 0.6 is 0 Å². The van der Waals surface area contributed by atoms with E-state index >= 15 is 0 Å². The zero-order valence-electron chi connectivity index (χ0n) is 8.75. The maximum absolute atomic E-state index is 9.47. The average Bonchev–Trinajstić information content (AvgIpc) is 2.13. The summed E-state index contributed by atoms with van der Waals surface area (Å²) >= 11 is 0. The third-order valence-corrected chi connectivity index (χ3v) is 3.44. The first-order chi connectivity index (χ1) is 6.51. The predicted molar refractivity (Wildman–Crippen MR) is 57.4 cm³/mol. The van der Waals surface area contributed by atoms with E-state index in [1.807, 2.05) is 12.1 Å². The topological polar surface area (TPSA) is 46.2 Å². The van der Waals surface area contributed by atoms with E-state index in [1.165, 1.54) is 11.1 Å². The number of rotatable bonds is 0. The Hall–Kier alpha value is -1.02. The molecule has 0 amide bonds. The maximum atomic E-state index is 9.47. The highest BCUT2D eigenvalue weighted by molar-refractivity contribution is 5.42. The van der Waals surface area contributed by atoms with Gasteiger partial charge in [0.25, 0.3) is 0 Å². The van der Waals surface area contributed by atoms with Gasteiger partial charge in [0.2, 0.25) is 0 Å². The molecule has 1 aromatic carbocycles. The molecule has 0 fully saturated rings. The van der Waals surface area contributed by atoms with E-state index in [0.29, 0.717) is 5.75 Å². The Morgan fingerprint density at radius 2 is 2.14 bits per heavy atom. The molecule has 2 nitrogen and oxygen atoms in total. The van der Waals surface area contributed by atoms with Crippen molar-refractivity contribution in [1.29, 1.82) is 0 Å². The SMILES string of the molecule is CC1(C)c2cc(O)ccc2CCC1N. The molecular weight excluding hydrogens is 174 g/mol. The predicted octanol–water partition coefficient (Wildman–Crippen LogP) is 1.94. The standard InChI is InChI=1S/C12H17NO/c1-12(2)10-7-9(14)5-3-8(10)4-6-11(12)13/h3,5,7,11,14H,4,6,13H2,1-2H3. The summed E-state index contributed by atoms with van der Waals surface area (Å²) in [6.07, 6.45) is 2.06. The lowest BCUT2D eigenvalue weighted by Gasteiger charge is -2.38. The smallest absolute Gasteiger partial charge is 0.115 e. The van der Waals surface area contributed by atoms with Crippen molar-refractivity contribution in [3.8, 4) is 5.75 Å². The third-order valence-electron chi connectivity index (χ3n) is 3.44. The quantitative estimate of drug-likeness (QED) is 0.658. The van der Waals surface area contributed by atoms with Gasteiger partial charge in [0, 0.05) is 11.5 Å². The third kappa shape index (κ3) is 1.30. The molecule has 0 bridgehead atoms. The fourth-order valence-corrected chi connectivity index (χ4v) is 2.25. The fourth-order valence-electron chi connectivity index (χ4n) is 2.25. The second-order valence-corrected chi connectivity index (χ2v) is 4.71. The highest BCUT2D eigenvalue weighted by atomic mass is 16.3. The number of fused-ring (bicyclic) bond motifs is 1. The van der Waals surface area contributed by atoms with Crippen molar-refractivity contribution in [3.63, 3.8) is 0 Å². The molecule has 76 valence electrons. The summed E-state index contributed by atoms with van der Waals surface area (Å²) in [4.78, 5) is 0. The van der Waals surface area contributed by atoms with Crippen LogP contribution in [-0.2, 0) is 11.8 Å². The molecule has 1 unspecified atom stereocenters. The van der Waals surface area contributed by atoms with Crippen LogP contribution in [0.5, 0.6) is 5.75 Å². The molecule has 1 aliphatic rings. The van der Waals surface area contributed by atoms with Crippen molar-refractivity contribution < 1.29 is 5.11 Å². The van der Waals surface area contributed by atoms with Crippen LogP contribution in [0.4, 0.5) is 0 Å². The van der Waals surface area contributed by atoms with Gasteiger partial charge in [-0.25, -0.2) is 0 Å². The van der Waals surface area contributed by atoms with Crippen molar-refractivity contribution in [2.24, 2.45) is 5.73 Å². The number of phenolic OH excluding ortho intramolecular Hbond substituents is 1. The fraction of sp³-hybridized carbons (Fsp3) is 0.500. The average molecular weight is 191 g/mol. The summed E-state index contributed by atoms with van der Waals surface area (Å²) in [6, 6.07) is 5.81. The van der Waals surface area contributed by atoms with Crippen molar-refractivity contribution >= 4 is 0 Å². The summed E-state index contributed by atoms with van der Waals surface area (Å²) in [5, 5.41) is 9.47. The molecule has 3 N–H and O–H groups in total. The summed E-state index contributed by atoms with van der Waals surface area (Å²) in [5.41, 5.74) is 8.61. The zero-order chi connectivity index (χ0) is 10.3. The number of hydrogen-bond acceptors (Lipinski definition) is 2. The van der Waals surface area contributed by atoms with E-state index in [2.05, 4.69) is 13.8 Å². The number of aromatic hydroxyl groups is 1. The monoisotopic (exact) mass is 191 g/mol. The highest BCUT2D eigenvalue weighted by Gasteiger charge is 2.34. The molecule has 0 spiro atoms.